The van der Waals surface area contributed by atoms with Crippen molar-refractivity contribution in [3.8, 4) is 0 Å². The summed E-state index contributed by atoms with van der Waals surface area (Å²) in [6.07, 6.45) is 11.4. The fraction of sp³-hybridized carbons (Fsp3) is 0.545. The van der Waals surface area contributed by atoms with Crippen LogP contribution in [0.1, 0.15) is 25.7 Å². The summed E-state index contributed by atoms with van der Waals surface area (Å²) in [5.41, 5.74) is 0. The standard InChI is InChI=1S/C6H8N2.C5H9I2N.Pt/c1-3-8-5-4-7(2)6-8;6-8(7)5-3-1-2-4-5;/h3-5H,1H2,2H3;5H,1-4H2;. The van der Waals surface area contributed by atoms with E-state index in [0.29, 0.717) is 0 Å². The Labute approximate surface area is 142 Å². The molecule has 1 saturated carbocycles. The molecule has 0 N–H and O–H groups in total. The molecule has 6 heteroatoms. The van der Waals surface area contributed by atoms with E-state index in [0.717, 1.165) is 9.85 Å². The van der Waals surface area contributed by atoms with Crippen molar-refractivity contribution in [3.63, 3.8) is 0 Å². The average molecular weight is 640 g/mol. The first-order chi connectivity index (χ1) is 8.06. The van der Waals surface area contributed by atoms with E-state index in [-0.39, 0.29) is 0 Å². The molecule has 0 atom stereocenters. The maximum absolute atomic E-state index is 3.65. The molecule has 0 saturated heterocycles. The third-order valence-corrected chi connectivity index (χ3v) is 5.68. The fourth-order valence-electron chi connectivity index (χ4n) is 1.70. The van der Waals surface area contributed by atoms with Crippen LogP contribution in [0.25, 0.3) is 6.20 Å². The molecule has 1 aliphatic rings. The fourth-order valence-corrected chi connectivity index (χ4v) is 3.36. The van der Waals surface area contributed by atoms with Gasteiger partial charge in [-0.25, -0.2) is 0 Å². The van der Waals surface area contributed by atoms with Gasteiger partial charge in [-0.1, -0.05) is 12.8 Å². The van der Waals surface area contributed by atoms with Crippen molar-refractivity contribution in [2.45, 2.75) is 31.7 Å². The van der Waals surface area contributed by atoms with Crippen molar-refractivity contribution >= 4 is 51.9 Å². The third kappa shape index (κ3) is 5.28. The summed E-state index contributed by atoms with van der Waals surface area (Å²) in [5, 5.41) is 0. The van der Waals surface area contributed by atoms with Gasteiger partial charge in [-0.2, -0.15) is 1.33 Å². The van der Waals surface area contributed by atoms with Gasteiger partial charge < -0.3 is 0 Å². The summed E-state index contributed by atoms with van der Waals surface area (Å²) >= 11 is 6.97. The van der Waals surface area contributed by atoms with Crippen molar-refractivity contribution in [1.29, 1.82) is 0 Å². The molecule has 0 aromatic carbocycles. The Bertz CT molecular complexity index is 405. The van der Waals surface area contributed by atoms with Gasteiger partial charge in [-0.3, -0.25) is 0 Å². The first kappa shape index (κ1) is 16.1. The molecule has 17 heavy (non-hydrogen) atoms. The molecule has 0 radical (unpaired) electrons. The molecule has 1 aromatic heterocycles. The molecule has 0 amide bonds. The Morgan fingerprint density at radius 1 is 1.41 bits per heavy atom. The van der Waals surface area contributed by atoms with Crippen LogP contribution < -0.4 is 0 Å². The van der Waals surface area contributed by atoms with Crippen molar-refractivity contribution in [1.82, 2.24) is 10.5 Å². The smallest absolute Gasteiger partial charge is 0.0311 e. The average Bonchev–Trinajstić information content (AvgIpc) is 2.92. The van der Waals surface area contributed by atoms with Crippen molar-refractivity contribution in [2.75, 3.05) is 0 Å². The van der Waals surface area contributed by atoms with E-state index in [4.69, 9.17) is 0 Å². The van der Waals surface area contributed by atoms with Gasteiger partial charge in [0.2, 0.25) is 0 Å². The number of rotatable bonds is 2. The Hall–Kier alpha value is 1.06. The van der Waals surface area contributed by atoms with Gasteiger partial charge in [0.1, 0.15) is 0 Å². The summed E-state index contributed by atoms with van der Waals surface area (Å²) in [4.78, 5) is 0. The van der Waals surface area contributed by atoms with Crippen molar-refractivity contribution in [2.24, 2.45) is 7.05 Å². The topological polar surface area (TPSA) is 13.1 Å². The van der Waals surface area contributed by atoms with Crippen LogP contribution in [0.15, 0.2) is 19.0 Å². The monoisotopic (exact) mass is 640 g/mol. The van der Waals surface area contributed by atoms with E-state index < -0.39 is 0 Å². The van der Waals surface area contributed by atoms with Crippen LogP contribution in [0.2, 0.25) is 0 Å². The number of aryl methyl sites for hydroxylation is 1. The number of imidazole rings is 1. The largest absolute Gasteiger partial charge is 0.185 e. The molecule has 0 unspecified atom stereocenters. The Morgan fingerprint density at radius 3 is 2.24 bits per heavy atom. The van der Waals surface area contributed by atoms with E-state index in [2.05, 4.69) is 73.0 Å². The maximum Gasteiger partial charge on any atom is 0.0311 e. The van der Waals surface area contributed by atoms with Gasteiger partial charge >= 0.3 is 64.5 Å². The number of aromatic nitrogens is 2. The number of hydrogen-bond acceptors (Lipinski definition) is 1. The van der Waals surface area contributed by atoms with E-state index in [1.165, 1.54) is 25.7 Å². The predicted octanol–water partition coefficient (Wildman–Crippen LogP) is 3.94. The van der Waals surface area contributed by atoms with Crippen LogP contribution in [0.4, 0.5) is 0 Å². The van der Waals surface area contributed by atoms with Crippen LogP contribution >= 0.6 is 45.7 Å². The second kappa shape index (κ2) is 8.27. The summed E-state index contributed by atoms with van der Waals surface area (Å²) < 4.78 is 7.43. The zero-order valence-electron chi connectivity index (χ0n) is 9.76. The first-order valence-electron chi connectivity index (χ1n) is 5.48. The Kier molecular flexibility index (Phi) is 7.84. The van der Waals surface area contributed by atoms with Crippen LogP contribution in [0, 0.1) is 3.80 Å². The first-order valence-corrected chi connectivity index (χ1v) is 8.55. The van der Waals surface area contributed by atoms with Crippen LogP contribution in [0.3, 0.4) is 0 Å². The molecular formula is C11H17I2N3Pt. The molecule has 3 nitrogen and oxygen atoms in total. The number of nitrogens with zero attached hydrogens (tertiary/aromatic N) is 3. The SMILES string of the molecule is C=Cn1ccn(C)[c]1=[Pt].IN(I)C1CCCC1. The summed E-state index contributed by atoms with van der Waals surface area (Å²) in [7, 11) is 2.00. The zero-order valence-corrected chi connectivity index (χ0v) is 16.3. The quantitative estimate of drug-likeness (QED) is 0.353. The van der Waals surface area contributed by atoms with E-state index in [9.17, 15) is 0 Å². The minimum absolute atomic E-state index is 0.871. The maximum atomic E-state index is 3.65. The minimum atomic E-state index is 0.871. The van der Waals surface area contributed by atoms with Crippen molar-refractivity contribution < 1.29 is 19.4 Å². The second-order valence-corrected chi connectivity index (χ2v) is 8.88. The molecule has 1 aromatic rings. The Balaban J connectivity index is 0.000000171. The van der Waals surface area contributed by atoms with Gasteiger partial charge in [-0.15, -0.1) is 0 Å². The molecule has 100 valence electrons. The van der Waals surface area contributed by atoms with E-state index in [1.54, 1.807) is 6.20 Å². The van der Waals surface area contributed by atoms with Gasteiger partial charge in [-0.05, 0) is 12.8 Å². The van der Waals surface area contributed by atoms with E-state index >= 15 is 0 Å². The van der Waals surface area contributed by atoms with E-state index in [1.807, 2.05) is 28.6 Å². The summed E-state index contributed by atoms with van der Waals surface area (Å²) in [6.45, 7) is 3.65. The van der Waals surface area contributed by atoms with Crippen LogP contribution in [-0.2, 0) is 26.4 Å². The second-order valence-electron chi connectivity index (χ2n) is 3.94. The summed E-state index contributed by atoms with van der Waals surface area (Å²) in [6, 6.07) is 0.871. The predicted molar refractivity (Wildman–Crippen MR) is 85.2 cm³/mol. The Morgan fingerprint density at radius 2 is 2.00 bits per heavy atom. The van der Waals surface area contributed by atoms with Gasteiger partial charge in [0.15, 0.2) is 0 Å². The molecule has 1 aliphatic carbocycles. The number of hydrogen-bond donors (Lipinski definition) is 0. The summed E-state index contributed by atoms with van der Waals surface area (Å²) in [5.74, 6) is 0. The minimum Gasteiger partial charge on any atom is -0.185 e. The van der Waals surface area contributed by atoms with Gasteiger partial charge in [0.25, 0.3) is 0 Å². The molecule has 0 aliphatic heterocycles. The zero-order chi connectivity index (χ0) is 12.8. The molecule has 0 spiro atoms. The van der Waals surface area contributed by atoms with Crippen LogP contribution in [0.5, 0.6) is 0 Å². The van der Waals surface area contributed by atoms with Gasteiger partial charge in [0.05, 0.1) is 0 Å². The van der Waals surface area contributed by atoms with Crippen LogP contribution in [-0.4, -0.2) is 16.5 Å². The van der Waals surface area contributed by atoms with Gasteiger partial charge in [0, 0.05) is 51.8 Å². The molecule has 2 rings (SSSR count). The van der Waals surface area contributed by atoms with Crippen molar-refractivity contribution in [3.05, 3.63) is 22.8 Å². The molecular weight excluding hydrogens is 623 g/mol. The molecule has 0 bridgehead atoms. The molecule has 1 heterocycles. The molecule has 1 fully saturated rings. The number of halogens is 2. The normalized spacial score (nSPS) is 15.9. The third-order valence-electron chi connectivity index (χ3n) is 2.71.